The number of aryl methyl sites for hydroxylation is 1. The molecule has 1 aliphatic heterocycles. The van der Waals surface area contributed by atoms with Crippen LogP contribution < -0.4 is 10.7 Å². The summed E-state index contributed by atoms with van der Waals surface area (Å²) in [6.07, 6.45) is 7.62. The smallest absolute Gasteiger partial charge is 0.180 e. The summed E-state index contributed by atoms with van der Waals surface area (Å²) >= 11 is 0. The number of hydrogen-bond acceptors (Lipinski definition) is 3. The summed E-state index contributed by atoms with van der Waals surface area (Å²) in [5.74, 6) is 0. The maximum absolute atomic E-state index is 4.36. The lowest BCUT2D eigenvalue weighted by Crippen LogP contribution is -2.47. The molecule has 1 aromatic heterocycles. The van der Waals surface area contributed by atoms with Crippen molar-refractivity contribution in [3.8, 4) is 0 Å². The number of imidazole rings is 1. The molecule has 0 aromatic carbocycles. The largest absolute Gasteiger partial charge is 0.374 e. The van der Waals surface area contributed by atoms with Crippen molar-refractivity contribution in [1.82, 2.24) is 19.4 Å². The normalized spacial score (nSPS) is 17.4. The van der Waals surface area contributed by atoms with Gasteiger partial charge in [-0.3, -0.25) is 9.88 Å². The lowest BCUT2D eigenvalue weighted by Gasteiger charge is -2.17. The molecule has 1 aromatic rings. The van der Waals surface area contributed by atoms with Gasteiger partial charge in [0.25, 0.3) is 0 Å². The molecule has 0 saturated heterocycles. The number of rotatable bonds is 2. The van der Waals surface area contributed by atoms with Crippen LogP contribution in [0.25, 0.3) is 0 Å². The van der Waals surface area contributed by atoms with Gasteiger partial charge in [0.15, 0.2) is 12.9 Å². The van der Waals surface area contributed by atoms with Gasteiger partial charge >= 0.3 is 0 Å². The Balaban J connectivity index is 2.25. The third-order valence-corrected chi connectivity index (χ3v) is 2.79. The number of aromatic nitrogens is 2. The van der Waals surface area contributed by atoms with Gasteiger partial charge in [0.1, 0.15) is 11.9 Å². The van der Waals surface area contributed by atoms with Crippen molar-refractivity contribution in [3.05, 3.63) is 24.8 Å². The molecule has 0 fully saturated rings. The average molecular weight is 189 g/mol. The van der Waals surface area contributed by atoms with Crippen molar-refractivity contribution in [2.75, 3.05) is 7.05 Å². The molecule has 1 aliphatic rings. The Labute approximate surface area is 84.0 Å². The van der Waals surface area contributed by atoms with Crippen LogP contribution in [0.2, 0.25) is 6.82 Å². The minimum atomic E-state index is -0.625. The number of amidine groups is 1. The van der Waals surface area contributed by atoms with Crippen LogP contribution in [-0.2, 0) is 7.05 Å². The first-order chi connectivity index (χ1) is 6.70. The summed E-state index contributed by atoms with van der Waals surface area (Å²) in [4.78, 5) is 10.8. The zero-order valence-electron chi connectivity index (χ0n) is 8.81. The van der Waals surface area contributed by atoms with Gasteiger partial charge in [-0.05, 0) is 0 Å². The fourth-order valence-corrected chi connectivity index (χ4v) is 1.96. The van der Waals surface area contributed by atoms with E-state index in [0.29, 0.717) is 0 Å². The summed E-state index contributed by atoms with van der Waals surface area (Å²) in [7, 11) is 4.05. The van der Waals surface area contributed by atoms with Gasteiger partial charge in [0.05, 0.1) is 7.05 Å². The highest BCUT2D eigenvalue weighted by molar-refractivity contribution is 6.98. The van der Waals surface area contributed by atoms with E-state index in [2.05, 4.69) is 26.3 Å². The molecule has 1 atom stereocenters. The van der Waals surface area contributed by atoms with Crippen LogP contribution >= 0.6 is 0 Å². The molecule has 1 radical (unpaired) electrons. The first kappa shape index (κ1) is 9.06. The Kier molecular flexibility index (Phi) is 2.15. The quantitative estimate of drug-likeness (QED) is 0.569. The van der Waals surface area contributed by atoms with Crippen molar-refractivity contribution in [3.63, 3.8) is 0 Å². The molecule has 0 saturated carbocycles. The van der Waals surface area contributed by atoms with E-state index >= 15 is 0 Å². The minimum absolute atomic E-state index is 0.625. The Morgan fingerprint density at radius 2 is 2.21 bits per heavy atom. The van der Waals surface area contributed by atoms with Crippen LogP contribution in [0.5, 0.6) is 0 Å². The Hall–Kier alpha value is -1.52. The number of aliphatic imine (C=N–C) groups is 1. The SMILES string of the molecule is C[BH-](C1=[N+]C=CN1C)c1nccn1C. The molecule has 73 valence electrons. The summed E-state index contributed by atoms with van der Waals surface area (Å²) in [5, 5.41) is 0. The standard InChI is InChI=1S/C9H14BN4/c1-10(8-11-4-6-13(8)2)9-12-5-7-14(9)3/h4-7,10H,1-3H3. The van der Waals surface area contributed by atoms with Crippen LogP contribution in [0, 0.1) is 0 Å². The molecule has 14 heavy (non-hydrogen) atoms. The number of hydrogen-bond donors (Lipinski definition) is 0. The monoisotopic (exact) mass is 189 g/mol. The van der Waals surface area contributed by atoms with Crippen molar-refractivity contribution < 1.29 is 0 Å². The van der Waals surface area contributed by atoms with E-state index in [0.717, 1.165) is 11.5 Å². The molecule has 0 spiro atoms. The fraction of sp³-hybridized carbons (Fsp3) is 0.333. The highest BCUT2D eigenvalue weighted by atomic mass is 15.2. The van der Waals surface area contributed by atoms with Gasteiger partial charge in [-0.1, -0.05) is 10.7 Å². The lowest BCUT2D eigenvalue weighted by atomic mass is 9.49. The zero-order valence-corrected chi connectivity index (χ0v) is 8.81. The van der Waals surface area contributed by atoms with E-state index in [4.69, 9.17) is 0 Å². The van der Waals surface area contributed by atoms with Gasteiger partial charge in [0.2, 0.25) is 0 Å². The first-order valence-electron chi connectivity index (χ1n) is 4.90. The second kappa shape index (κ2) is 3.33. The van der Waals surface area contributed by atoms with E-state index in [1.54, 1.807) is 0 Å². The minimum Gasteiger partial charge on any atom is -0.374 e. The predicted molar refractivity (Wildman–Crippen MR) is 59.9 cm³/mol. The van der Waals surface area contributed by atoms with E-state index in [9.17, 15) is 0 Å². The van der Waals surface area contributed by atoms with Crippen LogP contribution in [0.15, 0.2) is 24.8 Å². The van der Waals surface area contributed by atoms with Crippen LogP contribution in [0.4, 0.5) is 0 Å². The van der Waals surface area contributed by atoms with Gasteiger partial charge < -0.3 is 4.57 Å². The van der Waals surface area contributed by atoms with E-state index in [1.807, 2.05) is 38.9 Å². The van der Waals surface area contributed by atoms with Crippen LogP contribution in [-0.4, -0.2) is 33.9 Å². The van der Waals surface area contributed by atoms with Gasteiger partial charge in [0, 0.05) is 19.4 Å². The molecule has 5 heteroatoms. The summed E-state index contributed by atoms with van der Waals surface area (Å²) < 4.78 is 2.06. The molecule has 2 rings (SSSR count). The third-order valence-electron chi connectivity index (χ3n) is 2.79. The third kappa shape index (κ3) is 1.34. The maximum atomic E-state index is 4.36. The predicted octanol–water partition coefficient (Wildman–Crippen LogP) is -0.826. The zero-order chi connectivity index (χ0) is 10.1. The molecule has 0 bridgehead atoms. The fourth-order valence-electron chi connectivity index (χ4n) is 1.96. The topological polar surface area (TPSA) is 35.2 Å². The number of nitrogens with zero attached hydrogens (tertiary/aromatic N) is 4. The summed E-state index contributed by atoms with van der Waals surface area (Å²) in [5.41, 5.74) is 2.25. The average Bonchev–Trinajstić information content (AvgIpc) is 2.73. The maximum Gasteiger partial charge on any atom is 0.180 e. The second-order valence-electron chi connectivity index (χ2n) is 3.79. The van der Waals surface area contributed by atoms with E-state index < -0.39 is 6.71 Å². The van der Waals surface area contributed by atoms with Crippen molar-refractivity contribution in [1.29, 1.82) is 0 Å². The van der Waals surface area contributed by atoms with Crippen LogP contribution in [0.3, 0.4) is 0 Å². The molecule has 0 amide bonds. The summed E-state index contributed by atoms with van der Waals surface area (Å²) in [6.45, 7) is 1.57. The van der Waals surface area contributed by atoms with Gasteiger partial charge in [-0.25, -0.2) is 0 Å². The molecule has 1 unspecified atom stereocenters. The van der Waals surface area contributed by atoms with E-state index in [1.165, 1.54) is 0 Å². The van der Waals surface area contributed by atoms with Gasteiger partial charge in [-0.15, -0.1) is 0 Å². The molecule has 0 N–H and O–H groups in total. The van der Waals surface area contributed by atoms with Crippen LogP contribution in [0.1, 0.15) is 0 Å². The van der Waals surface area contributed by atoms with Crippen molar-refractivity contribution in [2.24, 2.45) is 7.05 Å². The molecule has 0 aliphatic carbocycles. The summed E-state index contributed by atoms with van der Waals surface area (Å²) in [6, 6.07) is 0. The van der Waals surface area contributed by atoms with Gasteiger partial charge in [-0.2, -0.15) is 6.82 Å². The highest BCUT2D eigenvalue weighted by Crippen LogP contribution is 1.97. The van der Waals surface area contributed by atoms with Crippen molar-refractivity contribution in [2.45, 2.75) is 6.82 Å². The molecular formula is C9H14BN4. The molecule has 2 heterocycles. The van der Waals surface area contributed by atoms with E-state index in [-0.39, 0.29) is 0 Å². The Bertz CT molecular complexity index is 393. The second-order valence-corrected chi connectivity index (χ2v) is 3.79. The molecule has 4 nitrogen and oxygen atoms in total. The Morgan fingerprint density at radius 3 is 2.71 bits per heavy atom. The molecular weight excluding hydrogens is 175 g/mol. The first-order valence-corrected chi connectivity index (χ1v) is 4.90. The van der Waals surface area contributed by atoms with Crippen molar-refractivity contribution >= 4 is 18.2 Å². The lowest BCUT2D eigenvalue weighted by molar-refractivity contribution is 0.714. The Morgan fingerprint density at radius 1 is 1.43 bits per heavy atom. The highest BCUT2D eigenvalue weighted by Gasteiger charge is 2.23.